The zero-order valence-electron chi connectivity index (χ0n) is 12.9. The predicted octanol–water partition coefficient (Wildman–Crippen LogP) is 4.41. The number of halogens is 3. The molecular formula is C17H11Cl2FN2O3. The second kappa shape index (κ2) is 6.82. The maximum atomic E-state index is 14.1. The molecule has 0 saturated carbocycles. The van der Waals surface area contributed by atoms with Crippen molar-refractivity contribution in [3.63, 3.8) is 0 Å². The molecule has 2 aromatic heterocycles. The average molecular weight is 381 g/mol. The van der Waals surface area contributed by atoms with Gasteiger partial charge in [-0.2, -0.15) is 0 Å². The summed E-state index contributed by atoms with van der Waals surface area (Å²) in [6.07, 6.45) is 1.30. The number of hydrogen-bond acceptors (Lipinski definition) is 4. The predicted molar refractivity (Wildman–Crippen MR) is 89.9 cm³/mol. The Hall–Kier alpha value is -2.44. The quantitative estimate of drug-likeness (QED) is 0.525. The number of aryl methyl sites for hydroxylation is 1. The molecule has 0 saturated heterocycles. The molecule has 0 fully saturated rings. The van der Waals surface area contributed by atoms with E-state index in [1.807, 2.05) is 0 Å². The van der Waals surface area contributed by atoms with E-state index in [2.05, 4.69) is 10.1 Å². The minimum absolute atomic E-state index is 0.0126. The first-order chi connectivity index (χ1) is 11.9. The topological polar surface area (TPSA) is 76.0 Å². The van der Waals surface area contributed by atoms with Crippen LogP contribution < -0.4 is 0 Å². The molecule has 0 aliphatic rings. The minimum atomic E-state index is -0.898. The van der Waals surface area contributed by atoms with Gasteiger partial charge in [0.05, 0.1) is 33.4 Å². The largest absolute Gasteiger partial charge is 0.361 e. The molecule has 3 rings (SSSR count). The van der Waals surface area contributed by atoms with Crippen molar-refractivity contribution in [2.45, 2.75) is 13.3 Å². The zero-order chi connectivity index (χ0) is 18.1. The van der Waals surface area contributed by atoms with Crippen LogP contribution in [0.1, 0.15) is 37.9 Å². The molecule has 1 aromatic carbocycles. The summed E-state index contributed by atoms with van der Waals surface area (Å²) in [7, 11) is 0. The highest BCUT2D eigenvalue weighted by atomic mass is 35.5. The molecule has 3 aromatic rings. The van der Waals surface area contributed by atoms with Crippen LogP contribution in [0, 0.1) is 12.7 Å². The van der Waals surface area contributed by atoms with Gasteiger partial charge in [0, 0.05) is 17.8 Å². The number of carbonyl (C=O) groups excluding carboxylic acids is 2. The van der Waals surface area contributed by atoms with Gasteiger partial charge in [0.25, 0.3) is 0 Å². The summed E-state index contributed by atoms with van der Waals surface area (Å²) in [4.78, 5) is 27.4. The van der Waals surface area contributed by atoms with Crippen LogP contribution in [0.2, 0.25) is 10.0 Å². The second-order valence-electron chi connectivity index (χ2n) is 5.38. The number of ketones is 2. The Kier molecular flexibility index (Phi) is 4.74. The summed E-state index contributed by atoms with van der Waals surface area (Å²) < 4.78 is 19.1. The highest BCUT2D eigenvalue weighted by Gasteiger charge is 2.22. The van der Waals surface area contributed by atoms with Crippen molar-refractivity contribution < 1.29 is 18.5 Å². The van der Waals surface area contributed by atoms with E-state index >= 15 is 0 Å². The summed E-state index contributed by atoms with van der Waals surface area (Å²) in [5, 5.41) is 3.44. The van der Waals surface area contributed by atoms with Crippen LogP contribution in [0.5, 0.6) is 0 Å². The summed E-state index contributed by atoms with van der Waals surface area (Å²) in [6, 6.07) is 5.59. The van der Waals surface area contributed by atoms with Crippen LogP contribution in [0.25, 0.3) is 0 Å². The number of nitrogens with zero attached hydrogens (tertiary/aromatic N) is 1. The Balaban J connectivity index is 1.85. The zero-order valence-corrected chi connectivity index (χ0v) is 14.4. The molecule has 0 radical (unpaired) electrons. The molecule has 8 heteroatoms. The van der Waals surface area contributed by atoms with Gasteiger partial charge in [-0.3, -0.25) is 9.59 Å². The van der Waals surface area contributed by atoms with Gasteiger partial charge in [0.2, 0.25) is 0 Å². The molecular weight excluding hydrogens is 370 g/mol. The number of H-pyrrole nitrogens is 1. The van der Waals surface area contributed by atoms with E-state index in [1.165, 1.54) is 24.4 Å². The Morgan fingerprint density at radius 1 is 1.24 bits per heavy atom. The van der Waals surface area contributed by atoms with Crippen LogP contribution in [0.3, 0.4) is 0 Å². The van der Waals surface area contributed by atoms with E-state index in [9.17, 15) is 14.0 Å². The van der Waals surface area contributed by atoms with Gasteiger partial charge in [0.1, 0.15) is 5.76 Å². The van der Waals surface area contributed by atoms with E-state index in [0.717, 1.165) is 0 Å². The normalized spacial score (nSPS) is 10.9. The van der Waals surface area contributed by atoms with Gasteiger partial charge in [0.15, 0.2) is 17.4 Å². The van der Waals surface area contributed by atoms with Gasteiger partial charge in [-0.25, -0.2) is 4.39 Å². The van der Waals surface area contributed by atoms with E-state index < -0.39 is 11.6 Å². The van der Waals surface area contributed by atoms with Crippen molar-refractivity contribution in [3.05, 3.63) is 74.6 Å². The van der Waals surface area contributed by atoms with Crippen molar-refractivity contribution in [2.75, 3.05) is 0 Å². The molecule has 2 heterocycles. The van der Waals surface area contributed by atoms with Crippen LogP contribution in [0.15, 0.2) is 35.0 Å². The van der Waals surface area contributed by atoms with Gasteiger partial charge in [-0.05, 0) is 25.1 Å². The lowest BCUT2D eigenvalue weighted by molar-refractivity contribution is 0.0980. The van der Waals surface area contributed by atoms with Gasteiger partial charge in [-0.1, -0.05) is 28.4 Å². The Labute approximate surface area is 151 Å². The number of carbonyl (C=O) groups is 2. The molecule has 128 valence electrons. The number of hydrogen-bond donors (Lipinski definition) is 1. The van der Waals surface area contributed by atoms with Crippen LogP contribution in [-0.4, -0.2) is 21.7 Å². The Bertz CT molecular complexity index is 978. The molecule has 0 bridgehead atoms. The minimum Gasteiger partial charge on any atom is -0.361 e. The number of benzene rings is 1. The van der Waals surface area contributed by atoms with Crippen molar-refractivity contribution in [2.24, 2.45) is 0 Å². The smallest absolute Gasteiger partial charge is 0.199 e. The fourth-order valence-electron chi connectivity index (χ4n) is 2.32. The standard InChI is InChI=1S/C17H11Cl2FN2O3/c1-8-4-10(25-22-8)6-14(23)13-5-9(7-21-13)17(24)15-11(18)2-3-12(19)16(15)20/h2-5,7,21H,6H2,1H3. The van der Waals surface area contributed by atoms with Gasteiger partial charge >= 0.3 is 0 Å². The first kappa shape index (κ1) is 17.4. The monoisotopic (exact) mass is 380 g/mol. The van der Waals surface area contributed by atoms with Crippen molar-refractivity contribution in [1.82, 2.24) is 10.1 Å². The fourth-order valence-corrected chi connectivity index (χ4v) is 2.71. The van der Waals surface area contributed by atoms with E-state index in [0.29, 0.717) is 11.5 Å². The molecule has 1 N–H and O–H groups in total. The summed E-state index contributed by atoms with van der Waals surface area (Å²) in [5.41, 5.74) is 0.616. The maximum absolute atomic E-state index is 14.1. The Morgan fingerprint density at radius 2 is 1.96 bits per heavy atom. The molecule has 0 spiro atoms. The number of nitrogens with one attached hydrogen (secondary N) is 1. The lowest BCUT2D eigenvalue weighted by Gasteiger charge is -2.04. The van der Waals surface area contributed by atoms with E-state index in [-0.39, 0.29) is 39.1 Å². The molecule has 0 aliphatic carbocycles. The Morgan fingerprint density at radius 3 is 2.64 bits per heavy atom. The third kappa shape index (κ3) is 3.50. The molecule has 5 nitrogen and oxygen atoms in total. The van der Waals surface area contributed by atoms with Crippen molar-refractivity contribution in [1.29, 1.82) is 0 Å². The van der Waals surface area contributed by atoms with Gasteiger partial charge in [-0.15, -0.1) is 0 Å². The first-order valence-corrected chi connectivity index (χ1v) is 7.94. The van der Waals surface area contributed by atoms with E-state index in [4.69, 9.17) is 27.7 Å². The van der Waals surface area contributed by atoms with Gasteiger partial charge < -0.3 is 9.51 Å². The second-order valence-corrected chi connectivity index (χ2v) is 6.20. The summed E-state index contributed by atoms with van der Waals surface area (Å²) in [6.45, 7) is 1.74. The van der Waals surface area contributed by atoms with Crippen LogP contribution in [0.4, 0.5) is 4.39 Å². The lowest BCUT2D eigenvalue weighted by atomic mass is 10.0. The molecule has 0 aliphatic heterocycles. The molecule has 0 unspecified atom stereocenters. The van der Waals surface area contributed by atoms with E-state index in [1.54, 1.807) is 13.0 Å². The summed E-state index contributed by atoms with van der Waals surface area (Å²) in [5.74, 6) is -1.46. The fraction of sp³-hybridized carbons (Fsp3) is 0.118. The molecule has 0 amide bonds. The van der Waals surface area contributed by atoms with Crippen molar-refractivity contribution >= 4 is 34.8 Å². The third-order valence-corrected chi connectivity index (χ3v) is 4.14. The molecule has 25 heavy (non-hydrogen) atoms. The SMILES string of the molecule is Cc1cc(CC(=O)c2cc(C(=O)c3c(Cl)ccc(Cl)c3F)c[nH]2)on1. The number of aromatic amines is 1. The number of Topliss-reactive ketones (excluding diaryl/α,β-unsaturated/α-hetero) is 1. The highest BCUT2D eigenvalue weighted by molar-refractivity contribution is 6.37. The van der Waals surface area contributed by atoms with Crippen LogP contribution >= 0.6 is 23.2 Å². The average Bonchev–Trinajstić information content (AvgIpc) is 3.20. The molecule has 0 atom stereocenters. The highest BCUT2D eigenvalue weighted by Crippen LogP contribution is 2.28. The van der Waals surface area contributed by atoms with Crippen molar-refractivity contribution in [3.8, 4) is 0 Å². The van der Waals surface area contributed by atoms with Crippen LogP contribution in [-0.2, 0) is 6.42 Å². The summed E-state index contributed by atoms with van der Waals surface area (Å²) >= 11 is 11.6. The number of aromatic nitrogens is 2. The first-order valence-electron chi connectivity index (χ1n) is 7.19. The maximum Gasteiger partial charge on any atom is 0.199 e. The lowest BCUT2D eigenvalue weighted by Crippen LogP contribution is -2.05. The number of rotatable bonds is 5. The third-order valence-electron chi connectivity index (χ3n) is 3.53.